The summed E-state index contributed by atoms with van der Waals surface area (Å²) in [7, 11) is 0. The minimum absolute atomic E-state index is 0.0282. The first-order valence-corrected chi connectivity index (χ1v) is 8.77. The van der Waals surface area contributed by atoms with Crippen LogP contribution in [0.4, 0.5) is 5.82 Å². The molecule has 7 heteroatoms. The Labute approximate surface area is 144 Å². The molecule has 2 atom stereocenters. The van der Waals surface area contributed by atoms with E-state index in [1.54, 1.807) is 0 Å². The van der Waals surface area contributed by atoms with Crippen molar-refractivity contribution in [3.05, 3.63) is 24.8 Å². The van der Waals surface area contributed by atoms with Gasteiger partial charge in [-0.15, -0.1) is 0 Å². The van der Waals surface area contributed by atoms with Crippen molar-refractivity contribution >= 4 is 16.9 Å². The first-order valence-electron chi connectivity index (χ1n) is 8.77. The molecule has 0 aliphatic heterocycles. The molecule has 3 heterocycles. The van der Waals surface area contributed by atoms with E-state index in [2.05, 4.69) is 26.1 Å². The highest BCUT2D eigenvalue weighted by Crippen LogP contribution is 2.59. The maximum Gasteiger partial charge on any atom is 0.154 e. The number of nitrogens with zero attached hydrogens (tertiary/aromatic N) is 5. The molecule has 126 valence electrons. The fraction of sp³-hybridized carbons (Fsp3) is 0.444. The van der Waals surface area contributed by atoms with Crippen LogP contribution < -0.4 is 5.73 Å². The molecule has 0 spiro atoms. The highest BCUT2D eigenvalue weighted by Gasteiger charge is 2.62. The summed E-state index contributed by atoms with van der Waals surface area (Å²) in [5.74, 6) is 1.00. The van der Waals surface area contributed by atoms with E-state index in [1.807, 2.05) is 23.1 Å². The SMILES string of the molecule is N#CC1CC1(C1CCCC1)n1cc(-c2ncnc3[nH]ccc23)c(N)n1. The number of nitrogens with two attached hydrogens (primary N) is 1. The van der Waals surface area contributed by atoms with E-state index in [4.69, 9.17) is 5.73 Å². The number of anilines is 1. The Balaban J connectivity index is 1.62. The molecule has 0 bridgehead atoms. The summed E-state index contributed by atoms with van der Waals surface area (Å²) in [5.41, 5.74) is 8.46. The summed E-state index contributed by atoms with van der Waals surface area (Å²) < 4.78 is 1.97. The number of aromatic nitrogens is 5. The van der Waals surface area contributed by atoms with Crippen LogP contribution in [0.2, 0.25) is 0 Å². The topological polar surface area (TPSA) is 109 Å². The van der Waals surface area contributed by atoms with Crippen LogP contribution in [0.5, 0.6) is 0 Å². The number of nitrogens with one attached hydrogen (secondary N) is 1. The van der Waals surface area contributed by atoms with E-state index in [9.17, 15) is 5.26 Å². The average Bonchev–Trinajstić information content (AvgIpc) is 3.08. The number of hydrogen-bond acceptors (Lipinski definition) is 5. The molecule has 3 aromatic heterocycles. The lowest BCUT2D eigenvalue weighted by Gasteiger charge is -2.23. The molecule has 2 aliphatic rings. The zero-order valence-electron chi connectivity index (χ0n) is 13.8. The largest absolute Gasteiger partial charge is 0.382 e. The molecule has 5 rings (SSSR count). The van der Waals surface area contributed by atoms with E-state index in [1.165, 1.54) is 32.0 Å². The van der Waals surface area contributed by atoms with Gasteiger partial charge in [-0.25, -0.2) is 9.97 Å². The number of H-pyrrole nitrogens is 1. The lowest BCUT2D eigenvalue weighted by molar-refractivity contribution is 0.271. The molecule has 3 aromatic rings. The van der Waals surface area contributed by atoms with Gasteiger partial charge in [-0.1, -0.05) is 12.8 Å². The van der Waals surface area contributed by atoms with Crippen LogP contribution >= 0.6 is 0 Å². The average molecular weight is 333 g/mol. The lowest BCUT2D eigenvalue weighted by atomic mass is 9.93. The zero-order valence-corrected chi connectivity index (χ0v) is 13.8. The van der Waals surface area contributed by atoms with Crippen molar-refractivity contribution in [1.29, 1.82) is 5.26 Å². The van der Waals surface area contributed by atoms with Gasteiger partial charge in [0, 0.05) is 17.8 Å². The Morgan fingerprint density at radius 2 is 2.16 bits per heavy atom. The standard InChI is InChI=1S/C18H19N7/c19-8-12-7-18(12,11-3-1-2-4-11)25-9-14(16(20)24-25)15-13-5-6-21-17(13)23-10-22-15/h5-6,9-12H,1-4,7H2,(H2,20,24)(H,21,22,23). The third kappa shape index (κ3) is 1.94. The number of aromatic amines is 1. The highest BCUT2D eigenvalue weighted by atomic mass is 15.4. The minimum atomic E-state index is -0.179. The number of hydrogen-bond donors (Lipinski definition) is 2. The van der Waals surface area contributed by atoms with Gasteiger partial charge in [0.2, 0.25) is 0 Å². The second-order valence-electron chi connectivity index (χ2n) is 7.19. The Morgan fingerprint density at radius 1 is 1.32 bits per heavy atom. The van der Waals surface area contributed by atoms with Crippen LogP contribution in [-0.2, 0) is 5.54 Å². The van der Waals surface area contributed by atoms with Crippen molar-refractivity contribution in [2.75, 3.05) is 5.73 Å². The maximum atomic E-state index is 9.52. The van der Waals surface area contributed by atoms with Crippen molar-refractivity contribution < 1.29 is 0 Å². The number of nitrogen functional groups attached to an aromatic ring is 1. The van der Waals surface area contributed by atoms with Crippen LogP contribution in [-0.4, -0.2) is 24.7 Å². The molecular formula is C18H19N7. The lowest BCUT2D eigenvalue weighted by Crippen LogP contribution is -2.28. The Morgan fingerprint density at radius 3 is 2.92 bits per heavy atom. The van der Waals surface area contributed by atoms with E-state index in [0.29, 0.717) is 11.7 Å². The van der Waals surface area contributed by atoms with Crippen LogP contribution in [0.15, 0.2) is 24.8 Å². The first-order chi connectivity index (χ1) is 12.2. The molecule has 2 unspecified atom stereocenters. The van der Waals surface area contributed by atoms with Crippen LogP contribution in [0.1, 0.15) is 32.1 Å². The number of nitriles is 1. The van der Waals surface area contributed by atoms with Gasteiger partial charge in [-0.3, -0.25) is 4.68 Å². The van der Waals surface area contributed by atoms with Crippen molar-refractivity contribution in [2.24, 2.45) is 11.8 Å². The maximum absolute atomic E-state index is 9.52. The molecule has 2 fully saturated rings. The molecule has 2 aliphatic carbocycles. The van der Waals surface area contributed by atoms with Gasteiger partial charge in [0.25, 0.3) is 0 Å². The number of rotatable bonds is 3. The summed E-state index contributed by atoms with van der Waals surface area (Å²) in [6.07, 6.45) is 11.1. The fourth-order valence-electron chi connectivity index (χ4n) is 4.61. The zero-order chi connectivity index (χ0) is 17.0. The molecule has 25 heavy (non-hydrogen) atoms. The van der Waals surface area contributed by atoms with E-state index >= 15 is 0 Å². The van der Waals surface area contributed by atoms with E-state index in [-0.39, 0.29) is 11.5 Å². The van der Waals surface area contributed by atoms with Crippen molar-refractivity contribution in [2.45, 2.75) is 37.6 Å². The smallest absolute Gasteiger partial charge is 0.154 e. The molecule has 0 amide bonds. The van der Waals surface area contributed by atoms with Crippen molar-refractivity contribution in [3.63, 3.8) is 0 Å². The van der Waals surface area contributed by atoms with Gasteiger partial charge in [-0.05, 0) is 31.2 Å². The van der Waals surface area contributed by atoms with E-state index < -0.39 is 0 Å². The summed E-state index contributed by atoms with van der Waals surface area (Å²) in [4.78, 5) is 11.8. The highest BCUT2D eigenvalue weighted by molar-refractivity contribution is 5.92. The number of fused-ring (bicyclic) bond motifs is 1. The van der Waals surface area contributed by atoms with Gasteiger partial charge in [0.1, 0.15) is 12.0 Å². The molecule has 7 nitrogen and oxygen atoms in total. The summed E-state index contributed by atoms with van der Waals surface area (Å²) in [6, 6.07) is 4.41. The minimum Gasteiger partial charge on any atom is -0.382 e. The Hall–Kier alpha value is -2.88. The third-order valence-electron chi connectivity index (χ3n) is 5.97. The van der Waals surface area contributed by atoms with E-state index in [0.717, 1.165) is 28.7 Å². The predicted molar refractivity (Wildman–Crippen MR) is 93.2 cm³/mol. The van der Waals surface area contributed by atoms with Crippen LogP contribution in [0, 0.1) is 23.2 Å². The fourth-order valence-corrected chi connectivity index (χ4v) is 4.61. The summed E-state index contributed by atoms with van der Waals surface area (Å²) in [6.45, 7) is 0. The second kappa shape index (κ2) is 5.06. The predicted octanol–water partition coefficient (Wildman–Crippen LogP) is 2.83. The third-order valence-corrected chi connectivity index (χ3v) is 5.97. The molecule has 0 radical (unpaired) electrons. The van der Waals surface area contributed by atoms with Crippen molar-refractivity contribution in [3.8, 4) is 17.3 Å². The Bertz CT molecular complexity index is 988. The molecular weight excluding hydrogens is 314 g/mol. The van der Waals surface area contributed by atoms with Gasteiger partial charge in [0.05, 0.1) is 28.8 Å². The second-order valence-corrected chi connectivity index (χ2v) is 7.19. The van der Waals surface area contributed by atoms with Crippen molar-refractivity contribution in [1.82, 2.24) is 24.7 Å². The molecule has 3 N–H and O–H groups in total. The monoisotopic (exact) mass is 333 g/mol. The van der Waals surface area contributed by atoms with Gasteiger partial charge in [0.15, 0.2) is 5.82 Å². The first kappa shape index (κ1) is 14.5. The molecule has 0 saturated heterocycles. The summed E-state index contributed by atoms with van der Waals surface area (Å²) in [5, 5.41) is 15.1. The Kier molecular flexibility index (Phi) is 2.93. The summed E-state index contributed by atoms with van der Waals surface area (Å²) >= 11 is 0. The van der Waals surface area contributed by atoms with Gasteiger partial charge < -0.3 is 10.7 Å². The normalized spacial score (nSPS) is 26.1. The molecule has 0 aromatic carbocycles. The van der Waals surface area contributed by atoms with Crippen LogP contribution in [0.3, 0.4) is 0 Å². The quantitative estimate of drug-likeness (QED) is 0.766. The van der Waals surface area contributed by atoms with Gasteiger partial charge in [-0.2, -0.15) is 10.4 Å². The molecule has 2 saturated carbocycles. The van der Waals surface area contributed by atoms with Gasteiger partial charge >= 0.3 is 0 Å². The van der Waals surface area contributed by atoms with Crippen LogP contribution in [0.25, 0.3) is 22.3 Å².